The quantitative estimate of drug-likeness (QED) is 0.870. The van der Waals surface area contributed by atoms with Gasteiger partial charge in [-0.25, -0.2) is 8.42 Å². The van der Waals surface area contributed by atoms with E-state index in [1.807, 2.05) is 6.92 Å². The van der Waals surface area contributed by atoms with Gasteiger partial charge in [0.05, 0.1) is 4.90 Å². The Kier molecular flexibility index (Phi) is 5.01. The van der Waals surface area contributed by atoms with Gasteiger partial charge in [0.25, 0.3) is 15.0 Å². The van der Waals surface area contributed by atoms with Crippen LogP contribution >= 0.6 is 22.3 Å². The molecule has 1 amide bonds. The molecule has 1 aromatic rings. The molecule has 0 unspecified atom stereocenters. The lowest BCUT2D eigenvalue weighted by molar-refractivity contribution is 0.0953. The molecule has 18 heavy (non-hydrogen) atoms. The standard InChI is InChI=1S/C11H13Cl2NO3S/c1-3-4-14-11(15)8-5-9(12)7(2)10(6-8)18(13,16)17/h5-6H,3-4H2,1-2H3,(H,14,15). The first kappa shape index (κ1) is 15.3. The highest BCUT2D eigenvalue weighted by molar-refractivity contribution is 8.13. The van der Waals surface area contributed by atoms with Gasteiger partial charge in [-0.15, -0.1) is 0 Å². The first-order valence-electron chi connectivity index (χ1n) is 5.30. The molecule has 0 spiro atoms. The van der Waals surface area contributed by atoms with Gasteiger partial charge in [0.15, 0.2) is 0 Å². The normalized spacial score (nSPS) is 11.3. The molecular formula is C11H13Cl2NO3S. The zero-order valence-electron chi connectivity index (χ0n) is 9.96. The van der Waals surface area contributed by atoms with Crippen LogP contribution in [0.5, 0.6) is 0 Å². The molecule has 0 bridgehead atoms. The van der Waals surface area contributed by atoms with Crippen molar-refractivity contribution in [3.05, 3.63) is 28.3 Å². The van der Waals surface area contributed by atoms with Crippen LogP contribution in [0.4, 0.5) is 0 Å². The van der Waals surface area contributed by atoms with Gasteiger partial charge in [-0.1, -0.05) is 18.5 Å². The Balaban J connectivity index is 3.25. The van der Waals surface area contributed by atoms with Gasteiger partial charge < -0.3 is 5.32 Å². The molecule has 1 rings (SSSR count). The molecule has 0 saturated heterocycles. The van der Waals surface area contributed by atoms with Crippen LogP contribution in [0.25, 0.3) is 0 Å². The molecule has 0 aliphatic rings. The summed E-state index contributed by atoms with van der Waals surface area (Å²) in [4.78, 5) is 11.6. The minimum atomic E-state index is -3.92. The average molecular weight is 310 g/mol. The average Bonchev–Trinajstić information content (AvgIpc) is 2.27. The Bertz CT molecular complexity index is 570. The lowest BCUT2D eigenvalue weighted by Crippen LogP contribution is -2.24. The number of halogens is 2. The number of hydrogen-bond acceptors (Lipinski definition) is 3. The molecule has 0 fully saturated rings. The summed E-state index contributed by atoms with van der Waals surface area (Å²) < 4.78 is 22.7. The van der Waals surface area contributed by atoms with Crippen LogP contribution in [-0.2, 0) is 9.05 Å². The second-order valence-corrected chi connectivity index (χ2v) is 6.72. The van der Waals surface area contributed by atoms with E-state index in [1.54, 1.807) is 0 Å². The smallest absolute Gasteiger partial charge is 0.261 e. The lowest BCUT2D eigenvalue weighted by Gasteiger charge is -2.09. The van der Waals surface area contributed by atoms with Gasteiger partial charge in [-0.3, -0.25) is 4.79 Å². The summed E-state index contributed by atoms with van der Waals surface area (Å²) in [7, 11) is 1.37. The van der Waals surface area contributed by atoms with E-state index in [0.29, 0.717) is 12.1 Å². The predicted molar refractivity (Wildman–Crippen MR) is 71.9 cm³/mol. The first-order chi connectivity index (χ1) is 8.27. The highest BCUT2D eigenvalue weighted by Crippen LogP contribution is 2.27. The Labute approximate surface area is 116 Å². The first-order valence-corrected chi connectivity index (χ1v) is 7.99. The third-order valence-electron chi connectivity index (χ3n) is 2.36. The second kappa shape index (κ2) is 5.91. The van der Waals surface area contributed by atoms with Crippen molar-refractivity contribution in [2.75, 3.05) is 6.54 Å². The maximum Gasteiger partial charge on any atom is 0.261 e. The van der Waals surface area contributed by atoms with E-state index in [2.05, 4.69) is 5.32 Å². The van der Waals surface area contributed by atoms with E-state index < -0.39 is 9.05 Å². The van der Waals surface area contributed by atoms with Crippen molar-refractivity contribution in [3.63, 3.8) is 0 Å². The molecule has 0 heterocycles. The Morgan fingerprint density at radius 3 is 2.50 bits per heavy atom. The van der Waals surface area contributed by atoms with Crippen LogP contribution in [0, 0.1) is 6.92 Å². The van der Waals surface area contributed by atoms with Crippen molar-refractivity contribution in [1.29, 1.82) is 0 Å². The summed E-state index contributed by atoms with van der Waals surface area (Å²) in [5, 5.41) is 2.83. The van der Waals surface area contributed by atoms with Gasteiger partial charge in [0, 0.05) is 27.8 Å². The number of nitrogens with one attached hydrogen (secondary N) is 1. The van der Waals surface area contributed by atoms with Crippen molar-refractivity contribution in [1.82, 2.24) is 5.32 Å². The van der Waals surface area contributed by atoms with Gasteiger partial charge in [0.1, 0.15) is 0 Å². The molecular weight excluding hydrogens is 297 g/mol. The Morgan fingerprint density at radius 2 is 2.00 bits per heavy atom. The fourth-order valence-electron chi connectivity index (χ4n) is 1.38. The van der Waals surface area contributed by atoms with E-state index >= 15 is 0 Å². The maximum absolute atomic E-state index is 11.7. The molecule has 100 valence electrons. The molecule has 0 radical (unpaired) electrons. The van der Waals surface area contributed by atoms with Crippen molar-refractivity contribution in [2.24, 2.45) is 0 Å². The van der Waals surface area contributed by atoms with Crippen LogP contribution in [0.2, 0.25) is 5.02 Å². The van der Waals surface area contributed by atoms with Crippen molar-refractivity contribution in [2.45, 2.75) is 25.2 Å². The van der Waals surface area contributed by atoms with Crippen molar-refractivity contribution < 1.29 is 13.2 Å². The van der Waals surface area contributed by atoms with Crippen molar-refractivity contribution >= 4 is 37.2 Å². The summed E-state index contributed by atoms with van der Waals surface area (Å²) in [6.07, 6.45) is 0.784. The summed E-state index contributed by atoms with van der Waals surface area (Å²) in [5.41, 5.74) is 0.511. The van der Waals surface area contributed by atoms with Crippen LogP contribution in [0.1, 0.15) is 29.3 Å². The summed E-state index contributed by atoms with van der Waals surface area (Å²) in [5.74, 6) is -0.375. The van der Waals surface area contributed by atoms with E-state index in [0.717, 1.165) is 6.42 Å². The highest BCUT2D eigenvalue weighted by atomic mass is 35.7. The lowest BCUT2D eigenvalue weighted by atomic mass is 10.1. The minimum Gasteiger partial charge on any atom is -0.352 e. The van der Waals surface area contributed by atoms with E-state index in [9.17, 15) is 13.2 Å². The molecule has 4 nitrogen and oxygen atoms in total. The number of amides is 1. The van der Waals surface area contributed by atoms with Gasteiger partial charge in [0.2, 0.25) is 0 Å². The van der Waals surface area contributed by atoms with Gasteiger partial charge >= 0.3 is 0 Å². The topological polar surface area (TPSA) is 63.2 Å². The molecule has 0 aliphatic heterocycles. The molecule has 0 aromatic heterocycles. The van der Waals surface area contributed by atoms with Gasteiger partial charge in [-0.05, 0) is 31.0 Å². The van der Waals surface area contributed by atoms with Crippen LogP contribution in [-0.4, -0.2) is 20.9 Å². The van der Waals surface area contributed by atoms with Crippen molar-refractivity contribution in [3.8, 4) is 0 Å². The van der Waals surface area contributed by atoms with E-state index in [4.69, 9.17) is 22.3 Å². The van der Waals surface area contributed by atoms with Gasteiger partial charge in [-0.2, -0.15) is 0 Å². The van der Waals surface area contributed by atoms with E-state index in [-0.39, 0.29) is 21.4 Å². The summed E-state index contributed by atoms with van der Waals surface area (Å²) >= 11 is 5.90. The zero-order valence-corrected chi connectivity index (χ0v) is 12.3. The number of rotatable bonds is 4. The maximum atomic E-state index is 11.7. The molecule has 0 aliphatic carbocycles. The number of carbonyl (C=O) groups is 1. The number of benzene rings is 1. The van der Waals surface area contributed by atoms with Crippen LogP contribution in [0.15, 0.2) is 17.0 Å². The fourth-order valence-corrected chi connectivity index (χ4v) is 2.88. The van der Waals surface area contributed by atoms with Crippen LogP contribution in [0.3, 0.4) is 0 Å². The zero-order chi connectivity index (χ0) is 13.9. The summed E-state index contributed by atoms with van der Waals surface area (Å²) in [6.45, 7) is 3.95. The predicted octanol–water partition coefficient (Wildman–Crippen LogP) is 2.72. The molecule has 7 heteroatoms. The number of hydrogen-bond donors (Lipinski definition) is 1. The minimum absolute atomic E-state index is 0.140. The third-order valence-corrected chi connectivity index (χ3v) is 4.20. The fraction of sp³-hybridized carbons (Fsp3) is 0.364. The summed E-state index contributed by atoms with van der Waals surface area (Å²) in [6, 6.07) is 2.65. The molecule has 0 atom stereocenters. The Morgan fingerprint density at radius 1 is 1.39 bits per heavy atom. The largest absolute Gasteiger partial charge is 0.352 e. The SMILES string of the molecule is CCCNC(=O)c1cc(Cl)c(C)c(S(=O)(=O)Cl)c1. The Hall–Kier alpha value is -0.780. The molecule has 0 saturated carbocycles. The molecule has 1 aromatic carbocycles. The highest BCUT2D eigenvalue weighted by Gasteiger charge is 2.19. The number of carbonyl (C=O) groups excluding carboxylic acids is 1. The monoisotopic (exact) mass is 309 g/mol. The van der Waals surface area contributed by atoms with Crippen LogP contribution < -0.4 is 5.32 Å². The van der Waals surface area contributed by atoms with E-state index in [1.165, 1.54) is 19.1 Å². The second-order valence-electron chi connectivity index (χ2n) is 3.77. The third kappa shape index (κ3) is 3.60. The molecule has 1 N–H and O–H groups in total.